The smallest absolute Gasteiger partial charge is 0.312 e. The van der Waals surface area contributed by atoms with Crippen molar-refractivity contribution < 1.29 is 19.4 Å². The number of nitrogens with two attached hydrogens (primary N) is 1. The Kier molecular flexibility index (Phi) is 4.17. The third-order valence-electron chi connectivity index (χ3n) is 3.00. The van der Waals surface area contributed by atoms with Gasteiger partial charge in [0, 0.05) is 6.54 Å². The fraction of sp³-hybridized carbons (Fsp3) is 0.462. The second-order valence-corrected chi connectivity index (χ2v) is 4.89. The molecular formula is C13H16ClNO4. The maximum Gasteiger partial charge on any atom is 0.312 e. The zero-order valence-electron chi connectivity index (χ0n) is 10.6. The predicted octanol–water partition coefficient (Wildman–Crippen LogP) is 2.02. The summed E-state index contributed by atoms with van der Waals surface area (Å²) in [6.07, 6.45) is 2.19. The molecule has 1 aromatic rings. The molecule has 1 fully saturated rings. The monoisotopic (exact) mass is 285 g/mol. The van der Waals surface area contributed by atoms with E-state index >= 15 is 0 Å². The summed E-state index contributed by atoms with van der Waals surface area (Å²) in [6.45, 7) is -0.00234. The number of carbonyl (C=O) groups is 1. The van der Waals surface area contributed by atoms with Crippen molar-refractivity contribution >= 4 is 17.6 Å². The van der Waals surface area contributed by atoms with E-state index in [-0.39, 0.29) is 12.6 Å². The Hall–Kier alpha value is -1.46. The molecule has 0 saturated heterocycles. The number of carboxylic acids is 1. The molecule has 0 spiro atoms. The van der Waals surface area contributed by atoms with Gasteiger partial charge in [0.15, 0.2) is 11.5 Å². The van der Waals surface area contributed by atoms with Gasteiger partial charge in [-0.1, -0.05) is 11.6 Å². The number of halogens is 1. The highest BCUT2D eigenvalue weighted by Gasteiger charge is 2.28. The Balaban J connectivity index is 2.36. The topological polar surface area (TPSA) is 81.8 Å². The van der Waals surface area contributed by atoms with Crippen LogP contribution in [0.3, 0.4) is 0 Å². The molecule has 6 heteroatoms. The van der Waals surface area contributed by atoms with E-state index in [9.17, 15) is 4.79 Å². The Bertz CT molecular complexity index is 488. The summed E-state index contributed by atoms with van der Waals surface area (Å²) in [4.78, 5) is 11.1. The van der Waals surface area contributed by atoms with Crippen molar-refractivity contribution in [3.05, 3.63) is 22.7 Å². The Morgan fingerprint density at radius 2 is 2.26 bits per heavy atom. The highest BCUT2D eigenvalue weighted by atomic mass is 35.5. The number of carboxylic acid groups (broad SMARTS) is 1. The summed E-state index contributed by atoms with van der Waals surface area (Å²) in [7, 11) is 1.49. The SMILES string of the molecule is COc1cc(C(CN)C(=O)O)cc(Cl)c1OC1CC1. The van der Waals surface area contributed by atoms with Crippen molar-refractivity contribution in [2.24, 2.45) is 5.73 Å². The van der Waals surface area contributed by atoms with Crippen LogP contribution in [0.2, 0.25) is 5.02 Å². The first-order valence-electron chi connectivity index (χ1n) is 6.03. The summed E-state index contributed by atoms with van der Waals surface area (Å²) in [5, 5.41) is 9.46. The molecule has 1 aromatic carbocycles. The third-order valence-corrected chi connectivity index (χ3v) is 3.28. The molecule has 0 aliphatic heterocycles. The summed E-state index contributed by atoms with van der Waals surface area (Å²) in [5.41, 5.74) is 5.99. The zero-order valence-corrected chi connectivity index (χ0v) is 11.3. The van der Waals surface area contributed by atoms with E-state index in [1.807, 2.05) is 0 Å². The number of methoxy groups -OCH3 is 1. The zero-order chi connectivity index (χ0) is 14.0. The lowest BCUT2D eigenvalue weighted by Gasteiger charge is -2.16. The average molecular weight is 286 g/mol. The highest BCUT2D eigenvalue weighted by Crippen LogP contribution is 2.41. The van der Waals surface area contributed by atoms with Crippen LogP contribution in [0.5, 0.6) is 11.5 Å². The van der Waals surface area contributed by atoms with Crippen molar-refractivity contribution in [3.63, 3.8) is 0 Å². The van der Waals surface area contributed by atoms with Crippen LogP contribution in [0, 0.1) is 0 Å². The second-order valence-electron chi connectivity index (χ2n) is 4.48. The molecule has 1 saturated carbocycles. The highest BCUT2D eigenvalue weighted by molar-refractivity contribution is 6.32. The second kappa shape index (κ2) is 5.67. The third kappa shape index (κ3) is 3.11. The van der Waals surface area contributed by atoms with E-state index in [1.165, 1.54) is 7.11 Å². The van der Waals surface area contributed by atoms with Crippen molar-refractivity contribution in [1.29, 1.82) is 0 Å². The van der Waals surface area contributed by atoms with Crippen LogP contribution in [0.15, 0.2) is 12.1 Å². The number of benzene rings is 1. The molecule has 1 aliphatic rings. The van der Waals surface area contributed by atoms with Crippen LogP contribution in [0.4, 0.5) is 0 Å². The normalized spacial score (nSPS) is 15.9. The molecule has 2 rings (SSSR count). The molecule has 0 amide bonds. The van der Waals surface area contributed by atoms with Crippen LogP contribution in [-0.2, 0) is 4.79 Å². The Labute approximate surface area is 116 Å². The van der Waals surface area contributed by atoms with Crippen molar-refractivity contribution in [2.45, 2.75) is 24.9 Å². The van der Waals surface area contributed by atoms with Gasteiger partial charge in [0.05, 0.1) is 24.2 Å². The van der Waals surface area contributed by atoms with Gasteiger partial charge in [-0.3, -0.25) is 4.79 Å². The van der Waals surface area contributed by atoms with Crippen LogP contribution in [0.25, 0.3) is 0 Å². The van der Waals surface area contributed by atoms with Crippen molar-refractivity contribution in [1.82, 2.24) is 0 Å². The molecule has 5 nitrogen and oxygen atoms in total. The van der Waals surface area contributed by atoms with Gasteiger partial charge in [0.25, 0.3) is 0 Å². The number of hydrogen-bond donors (Lipinski definition) is 2. The average Bonchev–Trinajstić information content (AvgIpc) is 3.16. The van der Waals surface area contributed by atoms with Gasteiger partial charge in [0.1, 0.15) is 0 Å². The maximum atomic E-state index is 11.1. The minimum absolute atomic E-state index is 0.00234. The Morgan fingerprint density at radius 3 is 2.74 bits per heavy atom. The van der Waals surface area contributed by atoms with Crippen LogP contribution >= 0.6 is 11.6 Å². The molecular weight excluding hydrogens is 270 g/mol. The number of aliphatic carboxylic acids is 1. The molecule has 104 valence electrons. The van der Waals surface area contributed by atoms with Crippen LogP contribution < -0.4 is 15.2 Å². The van der Waals surface area contributed by atoms with Crippen LogP contribution in [-0.4, -0.2) is 30.8 Å². The number of hydrogen-bond acceptors (Lipinski definition) is 4. The first-order chi connectivity index (χ1) is 9.06. The lowest BCUT2D eigenvalue weighted by molar-refractivity contribution is -0.138. The van der Waals surface area contributed by atoms with E-state index in [1.54, 1.807) is 12.1 Å². The molecule has 0 radical (unpaired) electrons. The van der Waals surface area contributed by atoms with E-state index in [2.05, 4.69) is 0 Å². The minimum atomic E-state index is -0.989. The summed E-state index contributed by atoms with van der Waals surface area (Å²) < 4.78 is 10.9. The van der Waals surface area contributed by atoms with E-state index in [4.69, 9.17) is 31.9 Å². The molecule has 1 unspecified atom stereocenters. The first kappa shape index (κ1) is 14.0. The Morgan fingerprint density at radius 1 is 1.58 bits per heavy atom. The standard InChI is InChI=1S/C13H16ClNO4/c1-18-11-5-7(9(6-15)13(16)17)4-10(14)12(11)19-8-2-3-8/h4-5,8-9H,2-3,6,15H2,1H3,(H,16,17). The lowest BCUT2D eigenvalue weighted by Crippen LogP contribution is -2.21. The van der Waals surface area contributed by atoms with Gasteiger partial charge in [-0.05, 0) is 30.5 Å². The van der Waals surface area contributed by atoms with Crippen LogP contribution in [0.1, 0.15) is 24.3 Å². The first-order valence-corrected chi connectivity index (χ1v) is 6.41. The molecule has 1 atom stereocenters. The van der Waals surface area contributed by atoms with E-state index < -0.39 is 11.9 Å². The van der Waals surface area contributed by atoms with Gasteiger partial charge >= 0.3 is 5.97 Å². The van der Waals surface area contributed by atoms with Gasteiger partial charge < -0.3 is 20.3 Å². The molecule has 0 aromatic heterocycles. The van der Waals surface area contributed by atoms with Crippen molar-refractivity contribution in [3.8, 4) is 11.5 Å². The summed E-state index contributed by atoms with van der Waals surface area (Å²) >= 11 is 6.15. The van der Waals surface area contributed by atoms with Gasteiger partial charge in [0.2, 0.25) is 0 Å². The maximum absolute atomic E-state index is 11.1. The van der Waals surface area contributed by atoms with Crippen molar-refractivity contribution in [2.75, 3.05) is 13.7 Å². The summed E-state index contributed by atoms with van der Waals surface area (Å²) in [5.74, 6) is -0.886. The van der Waals surface area contributed by atoms with Gasteiger partial charge in [-0.15, -0.1) is 0 Å². The van der Waals surface area contributed by atoms with Gasteiger partial charge in [-0.25, -0.2) is 0 Å². The molecule has 3 N–H and O–H groups in total. The number of rotatable bonds is 6. The molecule has 1 aliphatic carbocycles. The molecule has 0 bridgehead atoms. The van der Waals surface area contributed by atoms with E-state index in [0.717, 1.165) is 12.8 Å². The minimum Gasteiger partial charge on any atom is -0.493 e. The lowest BCUT2D eigenvalue weighted by atomic mass is 9.99. The number of ether oxygens (including phenoxy) is 2. The van der Waals surface area contributed by atoms with E-state index in [0.29, 0.717) is 22.1 Å². The predicted molar refractivity (Wildman–Crippen MR) is 71.1 cm³/mol. The molecule has 19 heavy (non-hydrogen) atoms. The quantitative estimate of drug-likeness (QED) is 0.835. The summed E-state index contributed by atoms with van der Waals surface area (Å²) in [6, 6.07) is 3.20. The molecule has 0 heterocycles. The fourth-order valence-electron chi connectivity index (χ4n) is 1.79. The van der Waals surface area contributed by atoms with Gasteiger partial charge in [-0.2, -0.15) is 0 Å². The largest absolute Gasteiger partial charge is 0.493 e. The fourth-order valence-corrected chi connectivity index (χ4v) is 2.05.